The van der Waals surface area contributed by atoms with E-state index in [4.69, 9.17) is 5.73 Å². The van der Waals surface area contributed by atoms with E-state index in [1.807, 2.05) is 0 Å². The summed E-state index contributed by atoms with van der Waals surface area (Å²) in [7, 11) is 0. The number of hydrogen-bond donors (Lipinski definition) is 2. The van der Waals surface area contributed by atoms with E-state index in [9.17, 15) is 8.78 Å². The molecule has 0 amide bonds. The molecule has 0 saturated carbocycles. The largest absolute Gasteiger partial charge is 0.384 e. The summed E-state index contributed by atoms with van der Waals surface area (Å²) in [4.78, 5) is 7.55. The molecule has 1 aromatic heterocycles. The maximum Gasteiger partial charge on any atom is 0.149 e. The van der Waals surface area contributed by atoms with E-state index < -0.39 is 11.6 Å². The van der Waals surface area contributed by atoms with Gasteiger partial charge in [0.15, 0.2) is 0 Å². The lowest BCUT2D eigenvalue weighted by atomic mass is 10.3. The third-order valence-corrected chi connectivity index (χ3v) is 2.57. The van der Waals surface area contributed by atoms with E-state index >= 15 is 0 Å². The van der Waals surface area contributed by atoms with Crippen molar-refractivity contribution in [2.75, 3.05) is 11.1 Å². The number of aromatic nitrogens is 2. The summed E-state index contributed by atoms with van der Waals surface area (Å²) in [6, 6.07) is 3.50. The Bertz CT molecular complexity index is 562. The molecule has 0 aliphatic carbocycles. The van der Waals surface area contributed by atoms with Crippen LogP contribution in [0.15, 0.2) is 29.0 Å². The molecule has 17 heavy (non-hydrogen) atoms. The van der Waals surface area contributed by atoms with Crippen molar-refractivity contribution >= 4 is 33.3 Å². The molecule has 0 bridgehead atoms. The van der Waals surface area contributed by atoms with Crippen LogP contribution in [0.1, 0.15) is 0 Å². The molecular formula is C10H7BrF2N4. The Morgan fingerprint density at radius 2 is 1.88 bits per heavy atom. The van der Waals surface area contributed by atoms with Gasteiger partial charge in [-0.2, -0.15) is 0 Å². The molecule has 0 saturated heterocycles. The Morgan fingerprint density at radius 3 is 2.59 bits per heavy atom. The fraction of sp³-hybridized carbons (Fsp3) is 0. The normalized spacial score (nSPS) is 10.3. The molecular weight excluding hydrogens is 294 g/mol. The van der Waals surface area contributed by atoms with E-state index in [2.05, 4.69) is 31.2 Å². The summed E-state index contributed by atoms with van der Waals surface area (Å²) in [6.07, 6.45) is 1.24. The number of benzene rings is 1. The lowest BCUT2D eigenvalue weighted by molar-refractivity contribution is 0.581. The van der Waals surface area contributed by atoms with Crippen LogP contribution in [0.3, 0.4) is 0 Å². The van der Waals surface area contributed by atoms with Gasteiger partial charge in [0.2, 0.25) is 0 Å². The van der Waals surface area contributed by atoms with Crippen LogP contribution in [-0.4, -0.2) is 9.97 Å². The first-order valence-corrected chi connectivity index (χ1v) is 5.34. The summed E-state index contributed by atoms with van der Waals surface area (Å²) in [5, 5.41) is 2.68. The number of nitrogens with zero attached hydrogens (tertiary/aromatic N) is 2. The SMILES string of the molecule is Nc1cc(Nc2cc(Br)c(F)cc2F)ncn1. The Balaban J connectivity index is 2.33. The quantitative estimate of drug-likeness (QED) is 0.837. The van der Waals surface area contributed by atoms with Crippen molar-refractivity contribution < 1.29 is 8.78 Å². The van der Waals surface area contributed by atoms with Crippen LogP contribution in [-0.2, 0) is 0 Å². The number of nitrogens with one attached hydrogen (secondary N) is 1. The van der Waals surface area contributed by atoms with Gasteiger partial charge in [0.05, 0.1) is 10.2 Å². The monoisotopic (exact) mass is 300 g/mol. The van der Waals surface area contributed by atoms with Crippen molar-refractivity contribution in [3.8, 4) is 0 Å². The van der Waals surface area contributed by atoms with Gasteiger partial charge in [0.1, 0.15) is 29.6 Å². The van der Waals surface area contributed by atoms with E-state index in [1.54, 1.807) is 0 Å². The van der Waals surface area contributed by atoms with Gasteiger partial charge >= 0.3 is 0 Å². The second-order valence-corrected chi connectivity index (χ2v) is 4.05. The molecule has 7 heteroatoms. The van der Waals surface area contributed by atoms with E-state index in [1.165, 1.54) is 18.5 Å². The molecule has 0 aliphatic rings. The third-order valence-electron chi connectivity index (χ3n) is 1.96. The zero-order chi connectivity index (χ0) is 12.4. The second-order valence-electron chi connectivity index (χ2n) is 3.20. The van der Waals surface area contributed by atoms with Gasteiger partial charge in [-0.05, 0) is 22.0 Å². The Morgan fingerprint density at radius 1 is 1.12 bits per heavy atom. The fourth-order valence-corrected chi connectivity index (χ4v) is 1.54. The smallest absolute Gasteiger partial charge is 0.149 e. The summed E-state index contributed by atoms with van der Waals surface area (Å²) < 4.78 is 26.6. The highest BCUT2D eigenvalue weighted by Crippen LogP contribution is 2.25. The van der Waals surface area contributed by atoms with Gasteiger partial charge < -0.3 is 11.1 Å². The van der Waals surface area contributed by atoms with Gasteiger partial charge in [-0.1, -0.05) is 0 Å². The number of halogens is 3. The average Bonchev–Trinajstić information content (AvgIpc) is 2.26. The topological polar surface area (TPSA) is 63.8 Å². The van der Waals surface area contributed by atoms with Crippen LogP contribution in [0.5, 0.6) is 0 Å². The third kappa shape index (κ3) is 2.68. The highest BCUT2D eigenvalue weighted by molar-refractivity contribution is 9.10. The summed E-state index contributed by atoms with van der Waals surface area (Å²) >= 11 is 2.97. The van der Waals surface area contributed by atoms with Crippen LogP contribution in [0.25, 0.3) is 0 Å². The van der Waals surface area contributed by atoms with E-state index in [0.29, 0.717) is 5.82 Å². The molecule has 88 valence electrons. The minimum atomic E-state index is -0.720. The highest BCUT2D eigenvalue weighted by atomic mass is 79.9. The first-order valence-electron chi connectivity index (χ1n) is 4.55. The van der Waals surface area contributed by atoms with E-state index in [0.717, 1.165) is 6.07 Å². The number of rotatable bonds is 2. The summed E-state index contributed by atoms with van der Waals surface area (Å²) in [5.74, 6) is -0.808. The Labute approximate surface area is 104 Å². The van der Waals surface area contributed by atoms with Crippen LogP contribution in [0, 0.1) is 11.6 Å². The predicted molar refractivity (Wildman–Crippen MR) is 63.8 cm³/mol. The molecule has 2 rings (SSSR count). The molecule has 4 nitrogen and oxygen atoms in total. The van der Waals surface area contributed by atoms with E-state index in [-0.39, 0.29) is 16.0 Å². The predicted octanol–water partition coefficient (Wildman–Crippen LogP) is 2.84. The maximum atomic E-state index is 13.4. The number of nitrogens with two attached hydrogens (primary N) is 1. The number of anilines is 3. The Hall–Kier alpha value is -1.76. The van der Waals surface area contributed by atoms with Crippen molar-refractivity contribution in [3.05, 3.63) is 40.6 Å². The molecule has 0 spiro atoms. The molecule has 1 heterocycles. The van der Waals surface area contributed by atoms with Crippen molar-refractivity contribution in [1.82, 2.24) is 9.97 Å². The molecule has 3 N–H and O–H groups in total. The van der Waals surface area contributed by atoms with Crippen molar-refractivity contribution in [2.24, 2.45) is 0 Å². The molecule has 1 aromatic carbocycles. The molecule has 0 unspecified atom stereocenters. The first-order chi connectivity index (χ1) is 8.06. The zero-order valence-electron chi connectivity index (χ0n) is 8.42. The molecule has 2 aromatic rings. The lowest BCUT2D eigenvalue weighted by Crippen LogP contribution is -1.99. The molecule has 0 radical (unpaired) electrons. The molecule has 0 atom stereocenters. The highest BCUT2D eigenvalue weighted by Gasteiger charge is 2.08. The van der Waals surface area contributed by atoms with Crippen LogP contribution < -0.4 is 11.1 Å². The van der Waals surface area contributed by atoms with Gasteiger partial charge in [-0.25, -0.2) is 18.7 Å². The van der Waals surface area contributed by atoms with Crippen LogP contribution >= 0.6 is 15.9 Å². The minimum Gasteiger partial charge on any atom is -0.384 e. The van der Waals surface area contributed by atoms with Crippen LogP contribution in [0.4, 0.5) is 26.1 Å². The summed E-state index contributed by atoms with van der Waals surface area (Å²) in [6.45, 7) is 0. The standard InChI is InChI=1S/C10H7BrF2N4/c11-5-1-8(7(13)2-6(5)12)17-10-3-9(14)15-4-16-10/h1-4H,(H3,14,15,16,17). The fourth-order valence-electron chi connectivity index (χ4n) is 1.20. The molecule has 0 aliphatic heterocycles. The van der Waals surface area contributed by atoms with Gasteiger partial charge in [-0.15, -0.1) is 0 Å². The first kappa shape index (κ1) is 11.7. The number of hydrogen-bond acceptors (Lipinski definition) is 4. The average molecular weight is 301 g/mol. The van der Waals surface area contributed by atoms with Gasteiger partial charge in [0, 0.05) is 12.1 Å². The van der Waals surface area contributed by atoms with Crippen molar-refractivity contribution in [3.63, 3.8) is 0 Å². The lowest BCUT2D eigenvalue weighted by Gasteiger charge is -2.07. The van der Waals surface area contributed by atoms with Crippen molar-refractivity contribution in [2.45, 2.75) is 0 Å². The zero-order valence-corrected chi connectivity index (χ0v) is 10.0. The van der Waals surface area contributed by atoms with Gasteiger partial charge in [-0.3, -0.25) is 0 Å². The van der Waals surface area contributed by atoms with Gasteiger partial charge in [0.25, 0.3) is 0 Å². The summed E-state index contributed by atoms with van der Waals surface area (Å²) in [5.41, 5.74) is 5.54. The van der Waals surface area contributed by atoms with Crippen LogP contribution in [0.2, 0.25) is 0 Å². The molecule has 0 fully saturated rings. The minimum absolute atomic E-state index is 0.0939. The number of nitrogen functional groups attached to an aromatic ring is 1. The Kier molecular flexibility index (Phi) is 3.19. The second kappa shape index (κ2) is 4.62. The maximum absolute atomic E-state index is 13.4. The van der Waals surface area contributed by atoms with Crippen molar-refractivity contribution in [1.29, 1.82) is 0 Å².